The molecule has 0 spiro atoms. The summed E-state index contributed by atoms with van der Waals surface area (Å²) in [5, 5.41) is 10.1. The predicted molar refractivity (Wildman–Crippen MR) is 78.0 cm³/mol. The molecule has 0 bridgehead atoms. The van der Waals surface area contributed by atoms with Crippen molar-refractivity contribution in [3.8, 4) is 0 Å². The minimum atomic E-state index is -0.407. The second-order valence-corrected chi connectivity index (χ2v) is 5.56. The van der Waals surface area contributed by atoms with E-state index in [0.29, 0.717) is 5.75 Å². The van der Waals surface area contributed by atoms with Crippen LogP contribution in [-0.2, 0) is 0 Å². The third kappa shape index (κ3) is 3.37. The van der Waals surface area contributed by atoms with Gasteiger partial charge in [-0.25, -0.2) is 0 Å². The van der Waals surface area contributed by atoms with Gasteiger partial charge in [0.05, 0.1) is 6.10 Å². The van der Waals surface area contributed by atoms with Crippen molar-refractivity contribution in [1.29, 1.82) is 0 Å². The predicted octanol–water partition coefficient (Wildman–Crippen LogP) is 4.13. The number of aliphatic hydroxyl groups excluding tert-OH is 1. The van der Waals surface area contributed by atoms with Gasteiger partial charge in [-0.1, -0.05) is 48.0 Å². The molecule has 0 saturated heterocycles. The van der Waals surface area contributed by atoms with Crippen molar-refractivity contribution in [2.45, 2.75) is 24.8 Å². The smallest absolute Gasteiger partial charge is 0.0883 e. The zero-order chi connectivity index (χ0) is 13.0. The lowest BCUT2D eigenvalue weighted by atomic mass is 10.1. The third-order valence-electron chi connectivity index (χ3n) is 2.95. The van der Waals surface area contributed by atoms with Crippen molar-refractivity contribution in [3.05, 3.63) is 65.2 Å². The first-order chi connectivity index (χ1) is 8.66. The van der Waals surface area contributed by atoms with Crippen molar-refractivity contribution in [3.63, 3.8) is 0 Å². The lowest BCUT2D eigenvalue weighted by Gasteiger charge is -2.12. The third-order valence-corrected chi connectivity index (χ3v) is 4.20. The fraction of sp³-hybridized carbons (Fsp3) is 0.250. The summed E-state index contributed by atoms with van der Waals surface area (Å²) in [5.74, 6) is 0.688. The fourth-order valence-corrected chi connectivity index (χ4v) is 2.77. The van der Waals surface area contributed by atoms with Gasteiger partial charge < -0.3 is 5.11 Å². The SMILES string of the molecule is Cc1ccc(C(O)CSc2ccccc2C)cc1. The van der Waals surface area contributed by atoms with E-state index in [1.165, 1.54) is 16.0 Å². The van der Waals surface area contributed by atoms with Crippen LogP contribution in [0.5, 0.6) is 0 Å². The summed E-state index contributed by atoms with van der Waals surface area (Å²) in [7, 11) is 0. The van der Waals surface area contributed by atoms with E-state index >= 15 is 0 Å². The largest absolute Gasteiger partial charge is 0.388 e. The molecule has 1 unspecified atom stereocenters. The molecule has 1 nitrogen and oxygen atoms in total. The van der Waals surface area contributed by atoms with Gasteiger partial charge >= 0.3 is 0 Å². The Morgan fingerprint density at radius 2 is 1.67 bits per heavy atom. The molecule has 0 aromatic heterocycles. The Balaban J connectivity index is 1.98. The molecule has 0 amide bonds. The van der Waals surface area contributed by atoms with Crippen LogP contribution in [0.4, 0.5) is 0 Å². The number of hydrogen-bond acceptors (Lipinski definition) is 2. The van der Waals surface area contributed by atoms with E-state index < -0.39 is 6.10 Å². The normalized spacial score (nSPS) is 12.4. The van der Waals surface area contributed by atoms with Gasteiger partial charge in [-0.3, -0.25) is 0 Å². The van der Waals surface area contributed by atoms with E-state index in [2.05, 4.69) is 26.0 Å². The minimum absolute atomic E-state index is 0.407. The topological polar surface area (TPSA) is 20.2 Å². The van der Waals surface area contributed by atoms with Gasteiger partial charge in [-0.2, -0.15) is 0 Å². The summed E-state index contributed by atoms with van der Waals surface area (Å²) in [6, 6.07) is 16.3. The first kappa shape index (κ1) is 13.2. The van der Waals surface area contributed by atoms with Gasteiger partial charge in [0.1, 0.15) is 0 Å². The van der Waals surface area contributed by atoms with Crippen LogP contribution in [0.3, 0.4) is 0 Å². The highest BCUT2D eigenvalue weighted by atomic mass is 32.2. The van der Waals surface area contributed by atoms with Crippen molar-refractivity contribution < 1.29 is 5.11 Å². The maximum atomic E-state index is 10.1. The Hall–Kier alpha value is -1.25. The second-order valence-electron chi connectivity index (χ2n) is 4.50. The molecule has 0 aliphatic carbocycles. The number of hydrogen-bond donors (Lipinski definition) is 1. The summed E-state index contributed by atoms with van der Waals surface area (Å²) in [5.41, 5.74) is 3.47. The number of benzene rings is 2. The van der Waals surface area contributed by atoms with E-state index in [9.17, 15) is 5.11 Å². The molecular weight excluding hydrogens is 240 g/mol. The average molecular weight is 258 g/mol. The quantitative estimate of drug-likeness (QED) is 0.832. The van der Waals surface area contributed by atoms with Crippen LogP contribution in [0.2, 0.25) is 0 Å². The maximum Gasteiger partial charge on any atom is 0.0883 e. The maximum absolute atomic E-state index is 10.1. The average Bonchev–Trinajstić information content (AvgIpc) is 2.38. The van der Waals surface area contributed by atoms with E-state index in [0.717, 1.165) is 5.56 Å². The molecule has 0 radical (unpaired) electrons. The molecule has 1 atom stereocenters. The van der Waals surface area contributed by atoms with Gasteiger partial charge in [0, 0.05) is 10.6 Å². The van der Waals surface area contributed by atoms with Gasteiger partial charge in [0.15, 0.2) is 0 Å². The first-order valence-corrected chi connectivity index (χ1v) is 7.08. The Kier molecular flexibility index (Phi) is 4.45. The van der Waals surface area contributed by atoms with Crippen LogP contribution in [-0.4, -0.2) is 10.9 Å². The summed E-state index contributed by atoms with van der Waals surface area (Å²) < 4.78 is 0. The first-order valence-electron chi connectivity index (χ1n) is 6.10. The summed E-state index contributed by atoms with van der Waals surface area (Å²) >= 11 is 1.70. The van der Waals surface area contributed by atoms with Gasteiger partial charge in [0.25, 0.3) is 0 Å². The van der Waals surface area contributed by atoms with Crippen LogP contribution in [0.25, 0.3) is 0 Å². The molecule has 94 valence electrons. The zero-order valence-corrected chi connectivity index (χ0v) is 11.6. The lowest BCUT2D eigenvalue weighted by Crippen LogP contribution is -2.00. The number of rotatable bonds is 4. The molecule has 18 heavy (non-hydrogen) atoms. The van der Waals surface area contributed by atoms with Gasteiger partial charge in [0.2, 0.25) is 0 Å². The number of thioether (sulfide) groups is 1. The highest BCUT2D eigenvalue weighted by molar-refractivity contribution is 7.99. The highest BCUT2D eigenvalue weighted by Crippen LogP contribution is 2.27. The van der Waals surface area contributed by atoms with Crippen LogP contribution < -0.4 is 0 Å². The van der Waals surface area contributed by atoms with Gasteiger partial charge in [-0.05, 0) is 31.0 Å². The van der Waals surface area contributed by atoms with Crippen molar-refractivity contribution in [2.24, 2.45) is 0 Å². The Labute approximate surface area is 113 Å². The van der Waals surface area contributed by atoms with Gasteiger partial charge in [-0.15, -0.1) is 11.8 Å². The molecule has 0 saturated carbocycles. The van der Waals surface area contributed by atoms with Crippen LogP contribution in [0.1, 0.15) is 22.8 Å². The molecule has 2 rings (SSSR count). The molecule has 2 aromatic carbocycles. The Morgan fingerprint density at radius 3 is 2.33 bits per heavy atom. The minimum Gasteiger partial charge on any atom is -0.388 e. The summed E-state index contributed by atoms with van der Waals surface area (Å²) in [6.45, 7) is 4.15. The Bertz CT molecular complexity index is 505. The molecule has 0 aliphatic rings. The second kappa shape index (κ2) is 6.07. The molecule has 1 N–H and O–H groups in total. The standard InChI is InChI=1S/C16H18OS/c1-12-7-9-14(10-8-12)15(17)11-18-16-6-4-3-5-13(16)2/h3-10,15,17H,11H2,1-2H3. The molecule has 2 heteroatoms. The van der Waals surface area contributed by atoms with Crippen molar-refractivity contribution in [2.75, 3.05) is 5.75 Å². The van der Waals surface area contributed by atoms with Crippen molar-refractivity contribution >= 4 is 11.8 Å². The van der Waals surface area contributed by atoms with Crippen LogP contribution >= 0.6 is 11.8 Å². The van der Waals surface area contributed by atoms with E-state index in [4.69, 9.17) is 0 Å². The van der Waals surface area contributed by atoms with Crippen molar-refractivity contribution in [1.82, 2.24) is 0 Å². The van der Waals surface area contributed by atoms with E-state index in [1.807, 2.05) is 36.4 Å². The highest BCUT2D eigenvalue weighted by Gasteiger charge is 2.08. The molecule has 0 heterocycles. The molecule has 0 aliphatic heterocycles. The fourth-order valence-electron chi connectivity index (χ4n) is 1.77. The molecular formula is C16H18OS. The lowest BCUT2D eigenvalue weighted by molar-refractivity contribution is 0.204. The molecule has 0 fully saturated rings. The van der Waals surface area contributed by atoms with E-state index in [1.54, 1.807) is 11.8 Å². The van der Waals surface area contributed by atoms with Crippen LogP contribution in [0.15, 0.2) is 53.4 Å². The Morgan fingerprint density at radius 1 is 1.00 bits per heavy atom. The summed E-state index contributed by atoms with van der Waals surface area (Å²) in [6.07, 6.45) is -0.407. The number of aliphatic hydroxyl groups is 1. The monoisotopic (exact) mass is 258 g/mol. The summed E-state index contributed by atoms with van der Waals surface area (Å²) in [4.78, 5) is 1.24. The molecule has 2 aromatic rings. The number of aryl methyl sites for hydroxylation is 2. The zero-order valence-electron chi connectivity index (χ0n) is 10.8. The van der Waals surface area contributed by atoms with E-state index in [-0.39, 0.29) is 0 Å². The van der Waals surface area contributed by atoms with Crippen LogP contribution in [0, 0.1) is 13.8 Å².